The van der Waals surface area contributed by atoms with Crippen molar-refractivity contribution in [2.24, 2.45) is 5.92 Å². The number of rotatable bonds is 4. The highest BCUT2D eigenvalue weighted by Gasteiger charge is 2.20. The minimum Gasteiger partial charge on any atom is -0.306 e. The monoisotopic (exact) mass is 399 g/mol. The number of hydrogen-bond acceptors (Lipinski definition) is 4. The molecule has 4 aromatic rings. The molecule has 0 radical (unpaired) electrons. The first-order chi connectivity index (χ1) is 14.7. The van der Waals surface area contributed by atoms with Crippen LogP contribution in [0.25, 0.3) is 28.0 Å². The third kappa shape index (κ3) is 3.55. The van der Waals surface area contributed by atoms with E-state index in [1.807, 2.05) is 53.2 Å². The summed E-state index contributed by atoms with van der Waals surface area (Å²) < 4.78 is 3.53. The Bertz CT molecular complexity index is 1220. The van der Waals surface area contributed by atoms with Crippen molar-refractivity contribution >= 4 is 5.52 Å². The van der Waals surface area contributed by atoms with Crippen molar-refractivity contribution in [1.29, 1.82) is 0 Å². The number of likely N-dealkylation sites (tertiary alicyclic amines) is 1. The van der Waals surface area contributed by atoms with E-state index in [4.69, 9.17) is 10.2 Å². The third-order valence-corrected chi connectivity index (χ3v) is 5.98. The predicted molar refractivity (Wildman–Crippen MR) is 118 cm³/mol. The lowest BCUT2D eigenvalue weighted by molar-refractivity contribution is 0.200. The van der Waals surface area contributed by atoms with Gasteiger partial charge in [-0.15, -0.1) is 0 Å². The van der Waals surface area contributed by atoms with Crippen LogP contribution in [0.4, 0.5) is 0 Å². The van der Waals surface area contributed by atoms with Gasteiger partial charge in [0, 0.05) is 24.4 Å². The Labute approximate surface area is 175 Å². The molecule has 0 spiro atoms. The summed E-state index contributed by atoms with van der Waals surface area (Å²) in [6.07, 6.45) is 4.14. The van der Waals surface area contributed by atoms with Gasteiger partial charge in [0.1, 0.15) is 5.69 Å². The molecule has 0 unspecified atom stereocenters. The van der Waals surface area contributed by atoms with Gasteiger partial charge in [-0.1, -0.05) is 36.4 Å². The summed E-state index contributed by atoms with van der Waals surface area (Å²) in [6.45, 7) is 2.82. The van der Waals surface area contributed by atoms with Crippen LogP contribution in [-0.2, 0) is 6.54 Å². The first-order valence-corrected chi connectivity index (χ1v) is 10.5. The van der Waals surface area contributed by atoms with E-state index in [1.165, 1.54) is 0 Å². The Kier molecular flexibility index (Phi) is 4.93. The fourth-order valence-corrected chi connectivity index (χ4v) is 4.25. The molecule has 0 saturated carbocycles. The molecule has 1 aliphatic heterocycles. The highest BCUT2D eigenvalue weighted by molar-refractivity contribution is 5.90. The molecule has 6 nitrogen and oxygen atoms in total. The lowest BCUT2D eigenvalue weighted by atomic mass is 9.97. The van der Waals surface area contributed by atoms with Crippen molar-refractivity contribution in [3.63, 3.8) is 0 Å². The standard InChI is InChI=1S/C24H25N5O/c1-27-15-12-18(13-16-27)17-29-22(30)11-10-20(25-29)23-21-9-5-6-14-28(21)26-24(23)19-7-3-2-4-8-19/h2-11,14,18H,12-13,15-17H2,1H3. The number of pyridine rings is 1. The third-order valence-electron chi connectivity index (χ3n) is 5.98. The van der Waals surface area contributed by atoms with E-state index >= 15 is 0 Å². The molecule has 1 aromatic carbocycles. The second-order valence-electron chi connectivity index (χ2n) is 8.11. The average Bonchev–Trinajstić information content (AvgIpc) is 3.17. The lowest BCUT2D eigenvalue weighted by Gasteiger charge is -2.28. The van der Waals surface area contributed by atoms with Crippen molar-refractivity contribution in [3.8, 4) is 22.5 Å². The molecule has 152 valence electrons. The van der Waals surface area contributed by atoms with Crippen LogP contribution in [0.2, 0.25) is 0 Å². The zero-order chi connectivity index (χ0) is 20.5. The van der Waals surface area contributed by atoms with Crippen molar-refractivity contribution in [1.82, 2.24) is 24.3 Å². The summed E-state index contributed by atoms with van der Waals surface area (Å²) >= 11 is 0. The smallest absolute Gasteiger partial charge is 0.266 e. The molecular weight excluding hydrogens is 374 g/mol. The van der Waals surface area contributed by atoms with E-state index < -0.39 is 0 Å². The van der Waals surface area contributed by atoms with Crippen LogP contribution in [0, 0.1) is 5.92 Å². The molecule has 1 fully saturated rings. The maximum Gasteiger partial charge on any atom is 0.266 e. The van der Waals surface area contributed by atoms with Crippen LogP contribution < -0.4 is 5.56 Å². The Morgan fingerprint density at radius 3 is 2.50 bits per heavy atom. The largest absolute Gasteiger partial charge is 0.306 e. The molecular formula is C24H25N5O. The summed E-state index contributed by atoms with van der Waals surface area (Å²) in [5, 5.41) is 9.62. The van der Waals surface area contributed by atoms with Gasteiger partial charge < -0.3 is 4.90 Å². The topological polar surface area (TPSA) is 55.4 Å². The van der Waals surface area contributed by atoms with Crippen molar-refractivity contribution in [2.75, 3.05) is 20.1 Å². The second-order valence-corrected chi connectivity index (χ2v) is 8.11. The van der Waals surface area contributed by atoms with Gasteiger partial charge in [-0.05, 0) is 57.1 Å². The average molecular weight is 399 g/mol. The summed E-state index contributed by atoms with van der Waals surface area (Å²) in [7, 11) is 2.15. The molecule has 0 N–H and O–H groups in total. The summed E-state index contributed by atoms with van der Waals surface area (Å²) in [5.74, 6) is 0.485. The number of hydrogen-bond donors (Lipinski definition) is 0. The van der Waals surface area contributed by atoms with Crippen LogP contribution in [-0.4, -0.2) is 44.4 Å². The molecule has 6 heteroatoms. The van der Waals surface area contributed by atoms with Gasteiger partial charge in [-0.25, -0.2) is 9.20 Å². The van der Waals surface area contributed by atoms with E-state index in [9.17, 15) is 4.79 Å². The van der Waals surface area contributed by atoms with Crippen LogP contribution in [0.5, 0.6) is 0 Å². The molecule has 3 aromatic heterocycles. The van der Waals surface area contributed by atoms with Crippen LogP contribution in [0.1, 0.15) is 12.8 Å². The minimum atomic E-state index is -0.0459. The maximum absolute atomic E-state index is 12.6. The number of nitrogens with zero attached hydrogens (tertiary/aromatic N) is 5. The van der Waals surface area contributed by atoms with Gasteiger partial charge in [0.25, 0.3) is 5.56 Å². The number of piperidine rings is 1. The second kappa shape index (κ2) is 7.88. The van der Waals surface area contributed by atoms with Crippen LogP contribution >= 0.6 is 0 Å². The normalized spacial score (nSPS) is 15.6. The van der Waals surface area contributed by atoms with Gasteiger partial charge in [0.2, 0.25) is 0 Å². The zero-order valence-electron chi connectivity index (χ0n) is 17.1. The highest BCUT2D eigenvalue weighted by Crippen LogP contribution is 2.33. The van der Waals surface area contributed by atoms with Crippen molar-refractivity contribution in [2.45, 2.75) is 19.4 Å². The lowest BCUT2D eigenvalue weighted by Crippen LogP contribution is -2.34. The number of benzene rings is 1. The van der Waals surface area contributed by atoms with Gasteiger partial charge in [0.15, 0.2) is 0 Å². The number of fused-ring (bicyclic) bond motifs is 1. The molecule has 1 saturated heterocycles. The van der Waals surface area contributed by atoms with Crippen LogP contribution in [0.15, 0.2) is 71.7 Å². The Balaban J connectivity index is 1.60. The van der Waals surface area contributed by atoms with Crippen molar-refractivity contribution in [3.05, 3.63) is 77.2 Å². The molecule has 0 bridgehead atoms. The molecule has 0 aliphatic carbocycles. The highest BCUT2D eigenvalue weighted by atomic mass is 16.1. The molecule has 5 rings (SSSR count). The quantitative estimate of drug-likeness (QED) is 0.526. The fraction of sp³-hybridized carbons (Fsp3) is 0.292. The Hall–Kier alpha value is -3.25. The minimum absolute atomic E-state index is 0.0459. The van der Waals surface area contributed by atoms with E-state index in [0.717, 1.165) is 54.0 Å². The SMILES string of the molecule is CN1CCC(Cn2nc(-c3c(-c4ccccc4)nn4ccccc34)ccc2=O)CC1. The van der Waals surface area contributed by atoms with E-state index in [-0.39, 0.29) is 5.56 Å². The summed E-state index contributed by atoms with van der Waals surface area (Å²) in [6, 6.07) is 19.6. The zero-order valence-corrected chi connectivity index (χ0v) is 17.1. The van der Waals surface area contributed by atoms with Gasteiger partial charge in [0.05, 0.1) is 16.8 Å². The molecule has 4 heterocycles. The predicted octanol–water partition coefficient (Wildman–Crippen LogP) is 3.57. The van der Waals surface area contributed by atoms with Crippen molar-refractivity contribution < 1.29 is 0 Å². The van der Waals surface area contributed by atoms with E-state index in [2.05, 4.69) is 24.1 Å². The summed E-state index contributed by atoms with van der Waals surface area (Å²) in [4.78, 5) is 14.9. The van der Waals surface area contributed by atoms with Crippen LogP contribution in [0.3, 0.4) is 0 Å². The first-order valence-electron chi connectivity index (χ1n) is 10.5. The van der Waals surface area contributed by atoms with Gasteiger partial charge in [-0.3, -0.25) is 4.79 Å². The molecule has 0 atom stereocenters. The Morgan fingerprint density at radius 1 is 0.933 bits per heavy atom. The van der Waals surface area contributed by atoms with Gasteiger partial charge >= 0.3 is 0 Å². The summed E-state index contributed by atoms with van der Waals surface area (Å²) in [5.41, 5.74) is 4.58. The molecule has 30 heavy (non-hydrogen) atoms. The van der Waals surface area contributed by atoms with Gasteiger partial charge in [-0.2, -0.15) is 10.2 Å². The fourth-order valence-electron chi connectivity index (χ4n) is 4.25. The number of aromatic nitrogens is 4. The molecule has 1 aliphatic rings. The first kappa shape index (κ1) is 18.8. The van der Waals surface area contributed by atoms with E-state index in [1.54, 1.807) is 10.7 Å². The molecule has 0 amide bonds. The Morgan fingerprint density at radius 2 is 1.70 bits per heavy atom. The maximum atomic E-state index is 12.6. The van der Waals surface area contributed by atoms with E-state index in [0.29, 0.717) is 12.5 Å².